The second kappa shape index (κ2) is 6.52. The van der Waals surface area contributed by atoms with Crippen molar-refractivity contribution in [2.75, 3.05) is 6.61 Å². The van der Waals surface area contributed by atoms with Crippen LogP contribution in [0.1, 0.15) is 32.3 Å². The number of hydrogen-bond donors (Lipinski definition) is 2. The largest absolute Gasteiger partial charge is 0.488 e. The van der Waals surface area contributed by atoms with Gasteiger partial charge in [0, 0.05) is 22.0 Å². The Balaban J connectivity index is 2.08. The summed E-state index contributed by atoms with van der Waals surface area (Å²) in [5, 5.41) is 11.6. The van der Waals surface area contributed by atoms with Gasteiger partial charge in [-0.15, -0.1) is 0 Å². The maximum atomic E-state index is 12.3. The zero-order valence-electron chi connectivity index (χ0n) is 12.5. The van der Waals surface area contributed by atoms with Crippen LogP contribution in [0.25, 0.3) is 6.08 Å². The molecule has 0 spiro atoms. The minimum Gasteiger partial charge on any atom is -0.488 e. The molecule has 0 saturated carbocycles. The topological polar surface area (TPSA) is 75.6 Å². The van der Waals surface area contributed by atoms with Gasteiger partial charge < -0.3 is 15.2 Å². The molecule has 1 aromatic carbocycles. The summed E-state index contributed by atoms with van der Waals surface area (Å²) >= 11 is 3.39. The lowest BCUT2D eigenvalue weighted by molar-refractivity contribution is -0.137. The first-order chi connectivity index (χ1) is 10.3. The van der Waals surface area contributed by atoms with Crippen molar-refractivity contribution in [2.24, 2.45) is 0 Å². The highest BCUT2D eigenvalue weighted by atomic mass is 79.9. The van der Waals surface area contributed by atoms with Gasteiger partial charge in [-0.2, -0.15) is 0 Å². The Morgan fingerprint density at radius 1 is 1.41 bits per heavy atom. The summed E-state index contributed by atoms with van der Waals surface area (Å²) in [5.41, 5.74) is 0.775. The molecule has 22 heavy (non-hydrogen) atoms. The van der Waals surface area contributed by atoms with Crippen LogP contribution in [0.5, 0.6) is 5.75 Å². The maximum absolute atomic E-state index is 12.3. The van der Waals surface area contributed by atoms with Crippen LogP contribution < -0.4 is 10.1 Å². The zero-order chi connectivity index (χ0) is 16.3. The van der Waals surface area contributed by atoms with Gasteiger partial charge in [0.25, 0.3) is 5.91 Å². The van der Waals surface area contributed by atoms with Crippen LogP contribution in [0.2, 0.25) is 0 Å². The van der Waals surface area contributed by atoms with Crippen molar-refractivity contribution in [3.8, 4) is 5.75 Å². The summed E-state index contributed by atoms with van der Waals surface area (Å²) in [7, 11) is 0. The average Bonchev–Trinajstić information content (AvgIpc) is 2.44. The quantitative estimate of drug-likeness (QED) is 0.838. The summed E-state index contributed by atoms with van der Waals surface area (Å²) in [4.78, 5) is 23.0. The van der Waals surface area contributed by atoms with Gasteiger partial charge in [-0.1, -0.05) is 15.9 Å². The SMILES string of the molecule is CC(C)(CCC(=O)O)NC(=O)C1=Cc2cc(Br)ccc2OC1. The zero-order valence-corrected chi connectivity index (χ0v) is 14.1. The monoisotopic (exact) mass is 367 g/mol. The summed E-state index contributed by atoms with van der Waals surface area (Å²) in [6, 6.07) is 5.62. The van der Waals surface area contributed by atoms with Crippen LogP contribution in [0.4, 0.5) is 0 Å². The van der Waals surface area contributed by atoms with Gasteiger partial charge >= 0.3 is 5.97 Å². The van der Waals surface area contributed by atoms with Crippen molar-refractivity contribution in [3.05, 3.63) is 33.8 Å². The number of benzene rings is 1. The minimum atomic E-state index is -0.874. The van der Waals surface area contributed by atoms with Crippen LogP contribution in [-0.4, -0.2) is 29.1 Å². The van der Waals surface area contributed by atoms with Crippen LogP contribution >= 0.6 is 15.9 Å². The van der Waals surface area contributed by atoms with Crippen molar-refractivity contribution in [1.29, 1.82) is 0 Å². The summed E-state index contributed by atoms with van der Waals surface area (Å²) in [5.74, 6) is -0.368. The Morgan fingerprint density at radius 3 is 2.82 bits per heavy atom. The Labute approximate surface area is 137 Å². The van der Waals surface area contributed by atoms with Gasteiger partial charge in [-0.05, 0) is 44.5 Å². The second-order valence-electron chi connectivity index (χ2n) is 5.87. The molecular formula is C16H18BrNO4. The molecule has 0 atom stereocenters. The Kier molecular flexibility index (Phi) is 4.90. The summed E-state index contributed by atoms with van der Waals surface area (Å²) < 4.78 is 6.49. The molecule has 0 saturated heterocycles. The standard InChI is InChI=1S/C16H18BrNO4/c1-16(2,6-5-14(19)20)18-15(21)11-7-10-8-12(17)3-4-13(10)22-9-11/h3-4,7-8H,5-6,9H2,1-2H3,(H,18,21)(H,19,20). The molecule has 2 N–H and O–H groups in total. The lowest BCUT2D eigenvalue weighted by atomic mass is 9.97. The molecule has 2 rings (SSSR count). The molecule has 6 heteroatoms. The number of carboxylic acids is 1. The number of amides is 1. The van der Waals surface area contributed by atoms with E-state index in [-0.39, 0.29) is 18.9 Å². The second-order valence-corrected chi connectivity index (χ2v) is 6.79. The van der Waals surface area contributed by atoms with Crippen molar-refractivity contribution < 1.29 is 19.4 Å². The number of fused-ring (bicyclic) bond motifs is 1. The highest BCUT2D eigenvalue weighted by Crippen LogP contribution is 2.29. The van der Waals surface area contributed by atoms with Crippen LogP contribution in [0, 0.1) is 0 Å². The van der Waals surface area contributed by atoms with E-state index >= 15 is 0 Å². The third kappa shape index (κ3) is 4.34. The third-order valence-electron chi connectivity index (χ3n) is 3.39. The van der Waals surface area contributed by atoms with E-state index in [4.69, 9.17) is 9.84 Å². The Hall–Kier alpha value is -1.82. The van der Waals surface area contributed by atoms with E-state index in [0.717, 1.165) is 15.8 Å². The fourth-order valence-corrected chi connectivity index (χ4v) is 2.53. The van der Waals surface area contributed by atoms with E-state index in [1.54, 1.807) is 6.08 Å². The Morgan fingerprint density at radius 2 is 2.14 bits per heavy atom. The molecule has 0 aromatic heterocycles. The van der Waals surface area contributed by atoms with Gasteiger partial charge in [0.05, 0.1) is 5.57 Å². The number of carboxylic acid groups (broad SMARTS) is 1. The maximum Gasteiger partial charge on any atom is 0.303 e. The van der Waals surface area contributed by atoms with Gasteiger partial charge in [-0.25, -0.2) is 0 Å². The Bertz CT molecular complexity index is 637. The first kappa shape index (κ1) is 16.5. The van der Waals surface area contributed by atoms with E-state index in [2.05, 4.69) is 21.2 Å². The average molecular weight is 368 g/mol. The lowest BCUT2D eigenvalue weighted by Gasteiger charge is -2.27. The van der Waals surface area contributed by atoms with Crippen molar-refractivity contribution >= 4 is 33.9 Å². The molecule has 0 aliphatic carbocycles. The first-order valence-corrected chi connectivity index (χ1v) is 7.73. The number of rotatable bonds is 5. The predicted molar refractivity (Wildman–Crippen MR) is 86.7 cm³/mol. The fraction of sp³-hybridized carbons (Fsp3) is 0.375. The molecule has 1 aromatic rings. The highest BCUT2D eigenvalue weighted by Gasteiger charge is 2.25. The third-order valence-corrected chi connectivity index (χ3v) is 3.89. The summed E-state index contributed by atoms with van der Waals surface area (Å²) in [6.45, 7) is 3.82. The highest BCUT2D eigenvalue weighted by molar-refractivity contribution is 9.10. The number of aliphatic carboxylic acids is 1. The molecule has 0 radical (unpaired) electrons. The molecule has 0 unspecified atom stereocenters. The molecule has 5 nitrogen and oxygen atoms in total. The molecule has 1 amide bonds. The molecule has 0 bridgehead atoms. The minimum absolute atomic E-state index is 0.0125. The van der Waals surface area contributed by atoms with Gasteiger partial charge in [0.1, 0.15) is 12.4 Å². The van der Waals surface area contributed by atoms with Crippen LogP contribution in [0.3, 0.4) is 0 Å². The number of hydrogen-bond acceptors (Lipinski definition) is 3. The normalized spacial score (nSPS) is 13.7. The van der Waals surface area contributed by atoms with E-state index in [1.807, 2.05) is 32.0 Å². The number of halogens is 1. The molecule has 1 aliphatic rings. The lowest BCUT2D eigenvalue weighted by Crippen LogP contribution is -2.45. The van der Waals surface area contributed by atoms with E-state index in [9.17, 15) is 9.59 Å². The van der Waals surface area contributed by atoms with Crippen molar-refractivity contribution in [3.63, 3.8) is 0 Å². The van der Waals surface area contributed by atoms with E-state index < -0.39 is 11.5 Å². The van der Waals surface area contributed by atoms with Crippen molar-refractivity contribution in [1.82, 2.24) is 5.32 Å². The molecular weight excluding hydrogens is 350 g/mol. The molecule has 118 valence electrons. The van der Waals surface area contributed by atoms with Crippen LogP contribution in [-0.2, 0) is 9.59 Å². The summed E-state index contributed by atoms with van der Waals surface area (Å²) in [6.07, 6.45) is 2.18. The number of carbonyl (C=O) groups is 2. The number of nitrogens with one attached hydrogen (secondary N) is 1. The smallest absolute Gasteiger partial charge is 0.303 e. The number of ether oxygens (including phenoxy) is 1. The number of carbonyl (C=O) groups excluding carboxylic acids is 1. The molecule has 0 fully saturated rings. The molecule has 1 heterocycles. The van der Waals surface area contributed by atoms with Gasteiger partial charge in [-0.3, -0.25) is 9.59 Å². The van der Waals surface area contributed by atoms with Crippen molar-refractivity contribution in [2.45, 2.75) is 32.2 Å². The first-order valence-electron chi connectivity index (χ1n) is 6.94. The van der Waals surface area contributed by atoms with Crippen LogP contribution in [0.15, 0.2) is 28.2 Å². The fourth-order valence-electron chi connectivity index (χ4n) is 2.15. The molecule has 1 aliphatic heterocycles. The predicted octanol–water partition coefficient (Wildman–Crippen LogP) is 2.98. The van der Waals surface area contributed by atoms with Gasteiger partial charge in [0.15, 0.2) is 0 Å². The van der Waals surface area contributed by atoms with E-state index in [0.29, 0.717) is 12.0 Å². The van der Waals surface area contributed by atoms with E-state index in [1.165, 1.54) is 0 Å². The van der Waals surface area contributed by atoms with Gasteiger partial charge in [0.2, 0.25) is 0 Å².